The molecule has 1 heterocycles. The van der Waals surface area contributed by atoms with Crippen LogP contribution in [-0.4, -0.2) is 23.0 Å². The maximum absolute atomic E-state index is 11.9. The molecule has 4 heteroatoms. The maximum Gasteiger partial charge on any atom is 0.312 e. The number of fused-ring (bicyclic) bond motifs is 1. The molecule has 2 rings (SSSR count). The van der Waals surface area contributed by atoms with Gasteiger partial charge in [0.15, 0.2) is 0 Å². The lowest BCUT2D eigenvalue weighted by atomic mass is 9.96. The molecule has 4 nitrogen and oxygen atoms in total. The lowest BCUT2D eigenvalue weighted by Crippen LogP contribution is -2.42. The average molecular weight is 233 g/mol. The Bertz CT molecular complexity index is 456. The van der Waals surface area contributed by atoms with E-state index >= 15 is 0 Å². The molecular weight excluding hydrogens is 218 g/mol. The van der Waals surface area contributed by atoms with Gasteiger partial charge in [0, 0.05) is 11.7 Å². The number of aryl methyl sites for hydroxylation is 1. The van der Waals surface area contributed by atoms with Crippen molar-refractivity contribution < 1.29 is 14.7 Å². The Morgan fingerprint density at radius 3 is 2.82 bits per heavy atom. The van der Waals surface area contributed by atoms with E-state index in [1.54, 1.807) is 4.90 Å². The molecule has 1 unspecified atom stereocenters. The molecule has 0 aliphatic carbocycles. The number of nitrogens with zero attached hydrogens (tertiary/aromatic N) is 1. The number of aliphatic carboxylic acids is 1. The van der Waals surface area contributed by atoms with E-state index in [-0.39, 0.29) is 11.9 Å². The van der Waals surface area contributed by atoms with Crippen LogP contribution in [0.25, 0.3) is 0 Å². The van der Waals surface area contributed by atoms with Gasteiger partial charge in [-0.25, -0.2) is 0 Å². The number of carboxylic acid groups (broad SMARTS) is 1. The summed E-state index contributed by atoms with van der Waals surface area (Å²) in [5.41, 5.74) is 1.97. The van der Waals surface area contributed by atoms with Gasteiger partial charge >= 0.3 is 5.97 Å². The highest BCUT2D eigenvalue weighted by Crippen LogP contribution is 2.30. The predicted octanol–water partition coefficient (Wildman–Crippen LogP) is 1.83. The summed E-state index contributed by atoms with van der Waals surface area (Å²) in [5, 5.41) is 8.70. The van der Waals surface area contributed by atoms with Crippen molar-refractivity contribution >= 4 is 17.6 Å². The van der Waals surface area contributed by atoms with Gasteiger partial charge in [0.1, 0.15) is 6.42 Å². The first-order chi connectivity index (χ1) is 8.09. The second-order valence-electron chi connectivity index (χ2n) is 4.35. The van der Waals surface area contributed by atoms with Crippen molar-refractivity contribution in [2.24, 2.45) is 0 Å². The molecule has 1 atom stereocenters. The van der Waals surface area contributed by atoms with Gasteiger partial charge in [-0.15, -0.1) is 0 Å². The molecule has 1 aromatic carbocycles. The van der Waals surface area contributed by atoms with Crippen LogP contribution in [0.2, 0.25) is 0 Å². The van der Waals surface area contributed by atoms with Crippen LogP contribution in [0.1, 0.15) is 25.3 Å². The normalized spacial score (nSPS) is 18.6. The second kappa shape index (κ2) is 4.57. The summed E-state index contributed by atoms with van der Waals surface area (Å²) >= 11 is 0. The first kappa shape index (κ1) is 11.6. The number of benzene rings is 1. The van der Waals surface area contributed by atoms with Gasteiger partial charge in [-0.3, -0.25) is 9.59 Å². The van der Waals surface area contributed by atoms with E-state index in [4.69, 9.17) is 5.11 Å². The van der Waals surface area contributed by atoms with Crippen LogP contribution in [0.4, 0.5) is 5.69 Å². The Morgan fingerprint density at radius 2 is 2.12 bits per heavy atom. The van der Waals surface area contributed by atoms with Gasteiger partial charge in [-0.05, 0) is 31.4 Å². The third kappa shape index (κ3) is 2.30. The molecule has 0 radical (unpaired) electrons. The highest BCUT2D eigenvalue weighted by atomic mass is 16.4. The van der Waals surface area contributed by atoms with Crippen LogP contribution in [0.3, 0.4) is 0 Å². The minimum Gasteiger partial charge on any atom is -0.481 e. The third-order valence-corrected chi connectivity index (χ3v) is 3.09. The summed E-state index contributed by atoms with van der Waals surface area (Å²) in [6.07, 6.45) is 1.37. The van der Waals surface area contributed by atoms with Crippen LogP contribution < -0.4 is 4.90 Å². The van der Waals surface area contributed by atoms with Crippen molar-refractivity contribution in [1.82, 2.24) is 0 Å². The van der Waals surface area contributed by atoms with E-state index in [0.717, 1.165) is 24.1 Å². The molecule has 17 heavy (non-hydrogen) atoms. The molecule has 1 aromatic rings. The molecule has 0 aromatic heterocycles. The SMILES string of the molecule is CC1CCc2ccccc2N1C(=O)CC(=O)O. The zero-order valence-corrected chi connectivity index (χ0v) is 9.72. The number of hydrogen-bond acceptors (Lipinski definition) is 2. The molecule has 0 fully saturated rings. The molecule has 0 saturated heterocycles. The number of carbonyl (C=O) groups is 2. The van der Waals surface area contributed by atoms with E-state index in [2.05, 4.69) is 0 Å². The summed E-state index contributed by atoms with van der Waals surface area (Å²) in [6.45, 7) is 1.95. The summed E-state index contributed by atoms with van der Waals surface area (Å²) < 4.78 is 0. The molecule has 1 amide bonds. The molecule has 1 aliphatic rings. The summed E-state index contributed by atoms with van der Waals surface area (Å²) in [4.78, 5) is 24.2. The van der Waals surface area contributed by atoms with Crippen molar-refractivity contribution in [1.29, 1.82) is 0 Å². The van der Waals surface area contributed by atoms with Crippen LogP contribution in [0, 0.1) is 0 Å². The Kier molecular flexibility index (Phi) is 3.13. The number of amides is 1. The number of hydrogen-bond donors (Lipinski definition) is 1. The Balaban J connectivity index is 2.32. The van der Waals surface area contributed by atoms with Crippen molar-refractivity contribution in [3.05, 3.63) is 29.8 Å². The first-order valence-electron chi connectivity index (χ1n) is 5.71. The quantitative estimate of drug-likeness (QED) is 0.793. The molecule has 90 valence electrons. The van der Waals surface area contributed by atoms with Crippen LogP contribution in [0.5, 0.6) is 0 Å². The molecule has 0 saturated carbocycles. The van der Waals surface area contributed by atoms with E-state index in [1.165, 1.54) is 0 Å². The van der Waals surface area contributed by atoms with Crippen LogP contribution >= 0.6 is 0 Å². The number of para-hydroxylation sites is 1. The molecule has 0 bridgehead atoms. The monoisotopic (exact) mass is 233 g/mol. The standard InChI is InChI=1S/C13H15NO3/c1-9-6-7-10-4-2-3-5-11(10)14(9)12(15)8-13(16)17/h2-5,9H,6-8H2,1H3,(H,16,17). The highest BCUT2D eigenvalue weighted by Gasteiger charge is 2.28. The van der Waals surface area contributed by atoms with Crippen LogP contribution in [0.15, 0.2) is 24.3 Å². The average Bonchev–Trinajstić information content (AvgIpc) is 2.27. The fourth-order valence-electron chi connectivity index (χ4n) is 2.28. The topological polar surface area (TPSA) is 57.6 Å². The maximum atomic E-state index is 11.9. The molecule has 1 N–H and O–H groups in total. The van der Waals surface area contributed by atoms with Gasteiger partial charge in [0.2, 0.25) is 5.91 Å². The second-order valence-corrected chi connectivity index (χ2v) is 4.35. The van der Waals surface area contributed by atoms with Gasteiger partial charge in [0.25, 0.3) is 0 Å². The fourth-order valence-corrected chi connectivity index (χ4v) is 2.28. The summed E-state index contributed by atoms with van der Waals surface area (Å²) in [5.74, 6) is -1.41. The zero-order chi connectivity index (χ0) is 12.4. The lowest BCUT2D eigenvalue weighted by Gasteiger charge is -2.35. The van der Waals surface area contributed by atoms with E-state index in [1.807, 2.05) is 31.2 Å². The van der Waals surface area contributed by atoms with Crippen molar-refractivity contribution in [3.8, 4) is 0 Å². The van der Waals surface area contributed by atoms with E-state index in [0.29, 0.717) is 0 Å². The molecule has 1 aliphatic heterocycles. The Labute approximate surface area is 99.9 Å². The van der Waals surface area contributed by atoms with Gasteiger partial charge in [-0.2, -0.15) is 0 Å². The number of carboxylic acids is 1. The molecule has 0 spiro atoms. The summed E-state index contributed by atoms with van der Waals surface area (Å²) in [6, 6.07) is 7.75. The Hall–Kier alpha value is -1.84. The van der Waals surface area contributed by atoms with E-state index in [9.17, 15) is 9.59 Å². The van der Waals surface area contributed by atoms with Crippen molar-refractivity contribution in [2.75, 3.05) is 4.90 Å². The minimum absolute atomic E-state index is 0.0664. The highest BCUT2D eigenvalue weighted by molar-refractivity contribution is 6.03. The van der Waals surface area contributed by atoms with Crippen LogP contribution in [-0.2, 0) is 16.0 Å². The van der Waals surface area contributed by atoms with Crippen molar-refractivity contribution in [3.63, 3.8) is 0 Å². The minimum atomic E-state index is -1.08. The van der Waals surface area contributed by atoms with Gasteiger partial charge in [-0.1, -0.05) is 18.2 Å². The third-order valence-electron chi connectivity index (χ3n) is 3.09. The van der Waals surface area contributed by atoms with Gasteiger partial charge < -0.3 is 10.0 Å². The van der Waals surface area contributed by atoms with Crippen molar-refractivity contribution in [2.45, 2.75) is 32.2 Å². The summed E-state index contributed by atoms with van der Waals surface area (Å²) in [7, 11) is 0. The zero-order valence-electron chi connectivity index (χ0n) is 9.72. The number of carbonyl (C=O) groups excluding carboxylic acids is 1. The van der Waals surface area contributed by atoms with Gasteiger partial charge in [0.05, 0.1) is 0 Å². The fraction of sp³-hybridized carbons (Fsp3) is 0.385. The largest absolute Gasteiger partial charge is 0.481 e. The predicted molar refractivity (Wildman–Crippen MR) is 64.0 cm³/mol. The number of rotatable bonds is 2. The number of anilines is 1. The Morgan fingerprint density at radius 1 is 1.41 bits per heavy atom. The lowest BCUT2D eigenvalue weighted by molar-refractivity contribution is -0.140. The molecular formula is C13H15NO3. The van der Waals surface area contributed by atoms with E-state index < -0.39 is 12.4 Å². The first-order valence-corrected chi connectivity index (χ1v) is 5.71. The smallest absolute Gasteiger partial charge is 0.312 e.